The molecular weight excluding hydrogens is 609 g/mol. The van der Waals surface area contributed by atoms with E-state index in [9.17, 15) is 9.65 Å². The molecule has 8 rings (SSSR count). The second-order valence-electron chi connectivity index (χ2n) is 11.4. The molecule has 4 aromatic rings. The van der Waals surface area contributed by atoms with Gasteiger partial charge in [0.05, 0.1) is 34.4 Å². The van der Waals surface area contributed by atoms with Crippen molar-refractivity contribution in [3.8, 4) is 12.1 Å². The van der Waals surface area contributed by atoms with E-state index in [0.29, 0.717) is 65.1 Å². The fourth-order valence-electron chi connectivity index (χ4n) is 6.77. The Morgan fingerprint density at radius 2 is 2.14 bits per heavy atom. The average Bonchev–Trinajstić information content (AvgIpc) is 3.77. The van der Waals surface area contributed by atoms with Crippen molar-refractivity contribution < 1.29 is 9.13 Å². The van der Waals surface area contributed by atoms with E-state index in [-0.39, 0.29) is 10.8 Å². The Labute approximate surface area is 261 Å². The third-order valence-electron chi connectivity index (χ3n) is 8.79. The molecule has 14 heteroatoms. The minimum Gasteiger partial charge on any atom is -0.467 e. The topological polar surface area (TPSA) is 135 Å². The quantitative estimate of drug-likeness (QED) is 0.321. The summed E-state index contributed by atoms with van der Waals surface area (Å²) in [6.07, 6.45) is 6.31. The molecule has 8 heterocycles. The first-order chi connectivity index (χ1) is 20.8. The Balaban J connectivity index is 0.000000283. The highest BCUT2D eigenvalue weighted by Crippen LogP contribution is 2.58. The zero-order chi connectivity index (χ0) is 29.9. The molecule has 224 valence electrons. The lowest BCUT2D eigenvalue weighted by Crippen LogP contribution is -2.57. The molecule has 0 saturated carbocycles. The molecular formula is C29H31ClFN9OS2. The van der Waals surface area contributed by atoms with Gasteiger partial charge in [-0.3, -0.25) is 4.90 Å². The van der Waals surface area contributed by atoms with Crippen molar-refractivity contribution in [2.75, 3.05) is 49.7 Å². The van der Waals surface area contributed by atoms with Crippen LogP contribution in [0.3, 0.4) is 0 Å². The summed E-state index contributed by atoms with van der Waals surface area (Å²) in [4.78, 5) is 19.1. The van der Waals surface area contributed by atoms with Crippen LogP contribution in [0.5, 0.6) is 6.01 Å². The van der Waals surface area contributed by atoms with Gasteiger partial charge < -0.3 is 25.7 Å². The summed E-state index contributed by atoms with van der Waals surface area (Å²) in [5, 5.41) is 11.6. The highest BCUT2D eigenvalue weighted by atomic mass is 35.5. The van der Waals surface area contributed by atoms with Gasteiger partial charge in [-0.1, -0.05) is 17.7 Å². The first-order valence-corrected chi connectivity index (χ1v) is 16.4. The van der Waals surface area contributed by atoms with Gasteiger partial charge in [0.1, 0.15) is 28.9 Å². The zero-order valence-corrected chi connectivity index (χ0v) is 26.0. The Bertz CT molecular complexity index is 1740. The smallest absolute Gasteiger partial charge is 0.320 e. The molecule has 0 aromatic carbocycles. The molecule has 0 radical (unpaired) electrons. The minimum atomic E-state index is -0.518. The van der Waals surface area contributed by atoms with Crippen molar-refractivity contribution in [1.82, 2.24) is 24.4 Å². The van der Waals surface area contributed by atoms with Crippen LogP contribution in [0, 0.1) is 11.3 Å². The number of thiophene rings is 1. The molecule has 4 aliphatic rings. The Morgan fingerprint density at radius 1 is 1.30 bits per heavy atom. The number of nitriles is 1. The zero-order valence-electron chi connectivity index (χ0n) is 23.6. The molecule has 10 nitrogen and oxygen atoms in total. The molecule has 4 aliphatic heterocycles. The number of nitrogen functional groups attached to an aromatic ring is 2. The largest absolute Gasteiger partial charge is 0.467 e. The van der Waals surface area contributed by atoms with Gasteiger partial charge in [0, 0.05) is 59.8 Å². The monoisotopic (exact) mass is 639 g/mol. The van der Waals surface area contributed by atoms with Crippen LogP contribution in [0.25, 0.3) is 11.0 Å². The highest BCUT2D eigenvalue weighted by molar-refractivity contribution is 8.00. The molecule has 0 bridgehead atoms. The van der Waals surface area contributed by atoms with E-state index in [2.05, 4.69) is 30.8 Å². The molecule has 43 heavy (non-hydrogen) atoms. The predicted octanol–water partition coefficient (Wildman–Crippen LogP) is 4.79. The number of hydrogen-bond donors (Lipinski definition) is 2. The number of fused-ring (bicyclic) bond motifs is 4. The van der Waals surface area contributed by atoms with Gasteiger partial charge in [-0.05, 0) is 31.9 Å². The first-order valence-electron chi connectivity index (χ1n) is 14.2. The van der Waals surface area contributed by atoms with E-state index in [0.717, 1.165) is 35.2 Å². The number of rotatable bonds is 4. The van der Waals surface area contributed by atoms with Crippen molar-refractivity contribution in [2.24, 2.45) is 0 Å². The van der Waals surface area contributed by atoms with E-state index >= 15 is 0 Å². The standard InChI is InChI=1S/C22H19ClN8OS2.C7H12FN/c1-32-21-28-19-15(13(23)7-30(19)6-11-3-2-4-27-17(11)25)20(29-21)31-9-22(10-31)16-12(5-24)18(26)34-14(16)8-33-22;8-6-4-7-2-1-3-9(7)5-6/h2-4,7H,6,8-10,26H2,1H3,(H2,25,27);6-7H,1-5H2. The summed E-state index contributed by atoms with van der Waals surface area (Å²) in [5.74, 6) is 2.04. The second-order valence-corrected chi connectivity index (χ2v) is 14.3. The Morgan fingerprint density at radius 3 is 2.88 bits per heavy atom. The number of thioether (sulfide) groups is 1. The molecule has 0 aliphatic carbocycles. The molecule has 3 fully saturated rings. The van der Waals surface area contributed by atoms with E-state index in [1.807, 2.05) is 34.7 Å². The van der Waals surface area contributed by atoms with Crippen LogP contribution >= 0.6 is 34.7 Å². The van der Waals surface area contributed by atoms with E-state index in [1.165, 1.54) is 29.1 Å². The maximum Gasteiger partial charge on any atom is 0.320 e. The number of ether oxygens (including phenoxy) is 1. The molecule has 2 atom stereocenters. The van der Waals surface area contributed by atoms with Gasteiger partial charge in [0.2, 0.25) is 0 Å². The molecule has 4 N–H and O–H groups in total. The summed E-state index contributed by atoms with van der Waals surface area (Å²) in [6.45, 7) is 3.71. The fourth-order valence-corrected chi connectivity index (χ4v) is 9.87. The first kappa shape index (κ1) is 28.5. The van der Waals surface area contributed by atoms with Gasteiger partial charge in [-0.15, -0.1) is 23.1 Å². The van der Waals surface area contributed by atoms with Crippen molar-refractivity contribution in [1.29, 1.82) is 5.26 Å². The number of nitrogens with two attached hydrogens (primary N) is 2. The lowest BCUT2D eigenvalue weighted by atomic mass is 9.88. The van der Waals surface area contributed by atoms with Crippen LogP contribution in [-0.2, 0) is 17.0 Å². The molecule has 2 unspecified atom stereocenters. The Hall–Kier alpha value is -3.31. The van der Waals surface area contributed by atoms with Crippen LogP contribution in [-0.4, -0.2) is 69.9 Å². The van der Waals surface area contributed by atoms with Crippen LogP contribution in [0.15, 0.2) is 24.5 Å². The summed E-state index contributed by atoms with van der Waals surface area (Å²) in [6, 6.07) is 6.95. The summed E-state index contributed by atoms with van der Waals surface area (Å²) >= 11 is 10.1. The molecule has 3 saturated heterocycles. The third kappa shape index (κ3) is 4.84. The molecule has 0 amide bonds. The fraction of sp³-hybridized carbons (Fsp3) is 0.448. The van der Waals surface area contributed by atoms with Gasteiger partial charge in [0.25, 0.3) is 0 Å². The number of hydrogen-bond acceptors (Lipinski definition) is 11. The number of anilines is 3. The van der Waals surface area contributed by atoms with Crippen LogP contribution in [0.1, 0.15) is 40.8 Å². The van der Waals surface area contributed by atoms with Crippen molar-refractivity contribution >= 4 is 62.4 Å². The second kappa shape index (κ2) is 11.0. The number of alkyl halides is 1. The average molecular weight is 640 g/mol. The predicted molar refractivity (Wildman–Crippen MR) is 170 cm³/mol. The number of aromatic nitrogens is 4. The summed E-state index contributed by atoms with van der Waals surface area (Å²) < 4.78 is 19.8. The SMILES string of the molecule is COc1nc(N2CC3(C2)SCc2sc(N)c(C#N)c23)c2c(Cl)cn(Cc3cccnc3N)c2n1.FC1CC2CCCN2C1. The lowest BCUT2D eigenvalue weighted by molar-refractivity contribution is 0.292. The van der Waals surface area contributed by atoms with Crippen molar-refractivity contribution in [2.45, 2.75) is 48.5 Å². The van der Waals surface area contributed by atoms with Crippen LogP contribution in [0.2, 0.25) is 5.02 Å². The minimum absolute atomic E-state index is 0.168. The number of methoxy groups -OCH3 is 1. The third-order valence-corrected chi connectivity index (χ3v) is 11.7. The number of halogens is 2. The van der Waals surface area contributed by atoms with Gasteiger partial charge >= 0.3 is 6.01 Å². The lowest BCUT2D eigenvalue weighted by Gasteiger charge is -2.48. The van der Waals surface area contributed by atoms with Crippen LogP contribution in [0.4, 0.5) is 21.0 Å². The maximum absolute atomic E-state index is 12.6. The number of nitrogens with zero attached hydrogens (tertiary/aromatic N) is 7. The van der Waals surface area contributed by atoms with Crippen molar-refractivity contribution in [3.63, 3.8) is 0 Å². The highest BCUT2D eigenvalue weighted by Gasteiger charge is 2.53. The molecule has 1 spiro atoms. The summed E-state index contributed by atoms with van der Waals surface area (Å²) in [5.41, 5.74) is 15.4. The van der Waals surface area contributed by atoms with E-state index in [4.69, 9.17) is 27.8 Å². The van der Waals surface area contributed by atoms with E-state index < -0.39 is 6.17 Å². The van der Waals surface area contributed by atoms with Crippen molar-refractivity contribution in [3.05, 3.63) is 51.1 Å². The Kier molecular flexibility index (Phi) is 7.28. The van der Waals surface area contributed by atoms with Gasteiger partial charge in [-0.2, -0.15) is 15.2 Å². The van der Waals surface area contributed by atoms with Crippen LogP contribution < -0.4 is 21.1 Å². The van der Waals surface area contributed by atoms with E-state index in [1.54, 1.807) is 13.3 Å². The van der Waals surface area contributed by atoms with Gasteiger partial charge in [0.15, 0.2) is 5.65 Å². The van der Waals surface area contributed by atoms with Gasteiger partial charge in [-0.25, -0.2) is 9.37 Å². The summed E-state index contributed by atoms with van der Waals surface area (Å²) in [7, 11) is 1.54. The normalized spacial score (nSPS) is 21.8. The number of pyridine rings is 1. The maximum atomic E-state index is 12.6. The molecule has 4 aromatic heterocycles.